The number of aliphatic hydroxyl groups is 1. The molecule has 0 saturated heterocycles. The summed E-state index contributed by atoms with van der Waals surface area (Å²) in [5, 5.41) is 12.9. The van der Waals surface area contributed by atoms with E-state index in [0.29, 0.717) is 11.3 Å². The first-order chi connectivity index (χ1) is 8.19. The third kappa shape index (κ3) is 4.70. The van der Waals surface area contributed by atoms with Gasteiger partial charge in [-0.05, 0) is 31.5 Å². The van der Waals surface area contributed by atoms with Gasteiger partial charge in [0.15, 0.2) is 0 Å². The van der Waals surface area contributed by atoms with Gasteiger partial charge in [0, 0.05) is 22.8 Å². The maximum absolute atomic E-state index is 8.95. The second kappa shape index (κ2) is 7.75. The van der Waals surface area contributed by atoms with Crippen LogP contribution >= 0.6 is 11.8 Å². The fourth-order valence-corrected chi connectivity index (χ4v) is 3.01. The van der Waals surface area contributed by atoms with Gasteiger partial charge in [-0.3, -0.25) is 0 Å². The van der Waals surface area contributed by atoms with Gasteiger partial charge < -0.3 is 10.4 Å². The van der Waals surface area contributed by atoms with Crippen molar-refractivity contribution in [3.63, 3.8) is 0 Å². The summed E-state index contributed by atoms with van der Waals surface area (Å²) >= 11 is 1.85. The van der Waals surface area contributed by atoms with Gasteiger partial charge in [0.2, 0.25) is 0 Å². The standard InChI is InChI=1S/C14H23NOS/c1-4-15-12(3)13-7-5-6-8-14(13)17-11(2)9-10-16/h5-8,11-12,15-16H,4,9-10H2,1-3H3. The van der Waals surface area contributed by atoms with Crippen molar-refractivity contribution in [3.8, 4) is 0 Å². The molecule has 0 aliphatic carbocycles. The number of hydrogen-bond acceptors (Lipinski definition) is 3. The summed E-state index contributed by atoms with van der Waals surface area (Å²) in [4.78, 5) is 1.32. The van der Waals surface area contributed by atoms with Crippen molar-refractivity contribution in [1.82, 2.24) is 5.32 Å². The smallest absolute Gasteiger partial charge is 0.0441 e. The molecule has 2 nitrogen and oxygen atoms in total. The summed E-state index contributed by atoms with van der Waals surface area (Å²) in [7, 11) is 0. The van der Waals surface area contributed by atoms with Crippen molar-refractivity contribution in [2.24, 2.45) is 0 Å². The van der Waals surface area contributed by atoms with Crippen LogP contribution in [0.25, 0.3) is 0 Å². The van der Waals surface area contributed by atoms with E-state index in [9.17, 15) is 0 Å². The lowest BCUT2D eigenvalue weighted by molar-refractivity contribution is 0.289. The summed E-state index contributed by atoms with van der Waals surface area (Å²) in [6, 6.07) is 8.90. The Morgan fingerprint density at radius 3 is 2.65 bits per heavy atom. The molecule has 0 spiro atoms. The van der Waals surface area contributed by atoms with Gasteiger partial charge in [0.05, 0.1) is 0 Å². The molecule has 2 N–H and O–H groups in total. The lowest BCUT2D eigenvalue weighted by Gasteiger charge is -2.18. The third-order valence-electron chi connectivity index (χ3n) is 2.76. The van der Waals surface area contributed by atoms with Gasteiger partial charge in [-0.1, -0.05) is 32.0 Å². The molecule has 2 atom stereocenters. The lowest BCUT2D eigenvalue weighted by atomic mass is 10.1. The molecule has 0 amide bonds. The van der Waals surface area contributed by atoms with Crippen LogP contribution in [0.15, 0.2) is 29.2 Å². The topological polar surface area (TPSA) is 32.3 Å². The van der Waals surface area contributed by atoms with Crippen LogP contribution in [-0.2, 0) is 0 Å². The van der Waals surface area contributed by atoms with Crippen LogP contribution in [0.2, 0.25) is 0 Å². The minimum Gasteiger partial charge on any atom is -0.396 e. The van der Waals surface area contributed by atoms with Crippen LogP contribution < -0.4 is 5.32 Å². The van der Waals surface area contributed by atoms with Crippen molar-refractivity contribution < 1.29 is 5.11 Å². The van der Waals surface area contributed by atoms with Crippen LogP contribution in [0.4, 0.5) is 0 Å². The van der Waals surface area contributed by atoms with E-state index in [1.165, 1.54) is 10.5 Å². The Balaban J connectivity index is 2.76. The molecule has 96 valence electrons. The van der Waals surface area contributed by atoms with Crippen molar-refractivity contribution in [1.29, 1.82) is 0 Å². The molecule has 0 aliphatic heterocycles. The summed E-state index contributed by atoms with van der Waals surface area (Å²) in [5.74, 6) is 0. The molecule has 1 aromatic rings. The molecule has 0 saturated carbocycles. The minimum absolute atomic E-state index is 0.263. The summed E-state index contributed by atoms with van der Waals surface area (Å²) in [6.45, 7) is 7.72. The Bertz CT molecular complexity index is 330. The van der Waals surface area contributed by atoms with E-state index < -0.39 is 0 Å². The Kier molecular flexibility index (Phi) is 6.63. The number of benzene rings is 1. The second-order valence-corrected chi connectivity index (χ2v) is 5.74. The maximum Gasteiger partial charge on any atom is 0.0441 e. The number of hydrogen-bond donors (Lipinski definition) is 2. The van der Waals surface area contributed by atoms with E-state index in [0.717, 1.165) is 13.0 Å². The van der Waals surface area contributed by atoms with Gasteiger partial charge >= 0.3 is 0 Å². The van der Waals surface area contributed by atoms with E-state index in [4.69, 9.17) is 5.11 Å². The molecule has 0 radical (unpaired) electrons. The highest BCUT2D eigenvalue weighted by atomic mass is 32.2. The number of rotatable bonds is 7. The van der Waals surface area contributed by atoms with Gasteiger partial charge in [0.25, 0.3) is 0 Å². The van der Waals surface area contributed by atoms with Gasteiger partial charge in [0.1, 0.15) is 0 Å². The molecule has 0 fully saturated rings. The molecule has 0 aliphatic rings. The van der Waals surface area contributed by atoms with Crippen LogP contribution in [0.1, 0.15) is 38.8 Å². The lowest BCUT2D eigenvalue weighted by Crippen LogP contribution is -2.18. The molecule has 1 aromatic carbocycles. The average molecular weight is 253 g/mol. The van der Waals surface area contributed by atoms with E-state index in [-0.39, 0.29) is 6.61 Å². The zero-order chi connectivity index (χ0) is 12.7. The highest BCUT2D eigenvalue weighted by Crippen LogP contribution is 2.31. The third-order valence-corrected chi connectivity index (χ3v) is 4.02. The van der Waals surface area contributed by atoms with E-state index in [1.807, 2.05) is 11.8 Å². The van der Waals surface area contributed by atoms with Crippen molar-refractivity contribution >= 4 is 11.8 Å². The summed E-state index contributed by atoms with van der Waals surface area (Å²) < 4.78 is 0. The Hall–Kier alpha value is -0.510. The molecule has 2 unspecified atom stereocenters. The Morgan fingerprint density at radius 2 is 2.00 bits per heavy atom. The molecule has 0 bridgehead atoms. The quantitative estimate of drug-likeness (QED) is 0.732. The average Bonchev–Trinajstić information content (AvgIpc) is 2.30. The van der Waals surface area contributed by atoms with E-state index >= 15 is 0 Å². The van der Waals surface area contributed by atoms with Crippen molar-refractivity contribution in [3.05, 3.63) is 29.8 Å². The van der Waals surface area contributed by atoms with Crippen LogP contribution in [0.3, 0.4) is 0 Å². The van der Waals surface area contributed by atoms with Crippen LogP contribution in [-0.4, -0.2) is 23.5 Å². The molecule has 0 aromatic heterocycles. The second-order valence-electron chi connectivity index (χ2n) is 4.26. The molecule has 3 heteroatoms. The first-order valence-corrected chi connectivity index (χ1v) is 7.16. The summed E-state index contributed by atoms with van der Waals surface area (Å²) in [6.07, 6.45) is 0.842. The van der Waals surface area contributed by atoms with E-state index in [2.05, 4.69) is 50.4 Å². The first kappa shape index (κ1) is 14.6. The van der Waals surface area contributed by atoms with Crippen LogP contribution in [0.5, 0.6) is 0 Å². The number of thioether (sulfide) groups is 1. The zero-order valence-electron chi connectivity index (χ0n) is 10.9. The minimum atomic E-state index is 0.263. The monoisotopic (exact) mass is 253 g/mol. The fourth-order valence-electron chi connectivity index (χ4n) is 1.82. The Labute approximate surface area is 109 Å². The molecule has 0 heterocycles. The number of aliphatic hydroxyl groups excluding tert-OH is 1. The SMILES string of the molecule is CCNC(C)c1ccccc1SC(C)CCO. The zero-order valence-corrected chi connectivity index (χ0v) is 11.8. The first-order valence-electron chi connectivity index (χ1n) is 6.28. The normalized spacial score (nSPS) is 14.6. The largest absolute Gasteiger partial charge is 0.396 e. The van der Waals surface area contributed by atoms with Gasteiger partial charge in [-0.2, -0.15) is 0 Å². The highest BCUT2D eigenvalue weighted by molar-refractivity contribution is 8.00. The van der Waals surface area contributed by atoms with Gasteiger partial charge in [-0.15, -0.1) is 11.8 Å². The molecular formula is C14H23NOS. The van der Waals surface area contributed by atoms with Gasteiger partial charge in [-0.25, -0.2) is 0 Å². The predicted octanol–water partition coefficient (Wildman–Crippen LogP) is 3.22. The summed E-state index contributed by atoms with van der Waals surface area (Å²) in [5.41, 5.74) is 1.35. The van der Waals surface area contributed by atoms with E-state index in [1.54, 1.807) is 0 Å². The Morgan fingerprint density at radius 1 is 1.29 bits per heavy atom. The highest BCUT2D eigenvalue weighted by Gasteiger charge is 2.11. The maximum atomic E-state index is 8.95. The fraction of sp³-hybridized carbons (Fsp3) is 0.571. The molecule has 17 heavy (non-hydrogen) atoms. The number of nitrogens with one attached hydrogen (secondary N) is 1. The van der Waals surface area contributed by atoms with Crippen molar-refractivity contribution in [2.45, 2.75) is 43.4 Å². The van der Waals surface area contributed by atoms with Crippen molar-refractivity contribution in [2.75, 3.05) is 13.2 Å². The molecule has 1 rings (SSSR count). The molecular weight excluding hydrogens is 230 g/mol. The van der Waals surface area contributed by atoms with Crippen LogP contribution in [0, 0.1) is 0 Å². The predicted molar refractivity (Wildman–Crippen MR) is 75.6 cm³/mol.